The van der Waals surface area contributed by atoms with Gasteiger partial charge in [0.2, 0.25) is 17.7 Å². The van der Waals surface area contributed by atoms with Crippen LogP contribution in [0.1, 0.15) is 18.9 Å². The third kappa shape index (κ3) is 8.57. The summed E-state index contributed by atoms with van der Waals surface area (Å²) in [5.41, 5.74) is 6.49. The van der Waals surface area contributed by atoms with Crippen molar-refractivity contribution in [1.29, 1.82) is 0 Å². The fourth-order valence-electron chi connectivity index (χ4n) is 2.50. The Balaban J connectivity index is 2.72. The lowest BCUT2D eigenvalue weighted by molar-refractivity contribution is -0.144. The molecule has 3 amide bonds. The van der Waals surface area contributed by atoms with Gasteiger partial charge in [-0.3, -0.25) is 19.2 Å². The van der Waals surface area contributed by atoms with Crippen LogP contribution in [0.5, 0.6) is 5.75 Å². The lowest BCUT2D eigenvalue weighted by Crippen LogP contribution is -2.57. The van der Waals surface area contributed by atoms with Crippen LogP contribution in [0.2, 0.25) is 0 Å². The van der Waals surface area contributed by atoms with Crippen molar-refractivity contribution in [3.05, 3.63) is 29.8 Å². The molecule has 0 aromatic heterocycles. The molecule has 176 valence electrons. The Hall–Kier alpha value is -3.71. The molecule has 0 bridgehead atoms. The Morgan fingerprint density at radius 2 is 1.47 bits per heavy atom. The molecule has 0 fully saturated rings. The number of nitrogens with one attached hydrogen (secondary N) is 3. The Bertz CT molecular complexity index is 844. The predicted molar refractivity (Wildman–Crippen MR) is 108 cm³/mol. The van der Waals surface area contributed by atoms with Gasteiger partial charge in [-0.1, -0.05) is 12.1 Å². The highest BCUT2D eigenvalue weighted by Gasteiger charge is 2.30. The highest BCUT2D eigenvalue weighted by molar-refractivity contribution is 5.95. The summed E-state index contributed by atoms with van der Waals surface area (Å²) in [6.07, 6.45) is -0.751. The quantitative estimate of drug-likeness (QED) is 0.163. The van der Waals surface area contributed by atoms with E-state index in [2.05, 4.69) is 10.6 Å². The summed E-state index contributed by atoms with van der Waals surface area (Å²) in [4.78, 5) is 58.7. The normalized spacial score (nSPS) is 14.3. The molecule has 13 heteroatoms. The number of amides is 3. The van der Waals surface area contributed by atoms with E-state index in [1.165, 1.54) is 19.1 Å². The number of phenolic OH excluding ortho intramolecular Hbond substituents is 1. The first-order valence-electron chi connectivity index (χ1n) is 9.44. The minimum absolute atomic E-state index is 0.0469. The van der Waals surface area contributed by atoms with Crippen LogP contribution in [-0.4, -0.2) is 80.9 Å². The average molecular weight is 454 g/mol. The molecule has 9 N–H and O–H groups in total. The highest BCUT2D eigenvalue weighted by Crippen LogP contribution is 2.11. The monoisotopic (exact) mass is 454 g/mol. The number of hydrogen-bond donors (Lipinski definition) is 8. The van der Waals surface area contributed by atoms with Gasteiger partial charge in [-0.05, 0) is 31.0 Å². The van der Waals surface area contributed by atoms with Gasteiger partial charge >= 0.3 is 11.9 Å². The number of aliphatic hydroxyl groups excluding tert-OH is 1. The summed E-state index contributed by atoms with van der Waals surface area (Å²) in [7, 11) is 0. The molecule has 0 radical (unpaired) electrons. The Morgan fingerprint density at radius 3 is 1.97 bits per heavy atom. The first-order valence-corrected chi connectivity index (χ1v) is 9.44. The van der Waals surface area contributed by atoms with Gasteiger partial charge in [0, 0.05) is 0 Å². The molecular weight excluding hydrogens is 428 g/mol. The van der Waals surface area contributed by atoms with E-state index in [-0.39, 0.29) is 12.2 Å². The van der Waals surface area contributed by atoms with Gasteiger partial charge in [0.25, 0.3) is 0 Å². The molecule has 0 saturated heterocycles. The fourth-order valence-corrected chi connectivity index (χ4v) is 2.50. The Labute approximate surface area is 182 Å². The molecule has 1 rings (SSSR count). The topological polar surface area (TPSA) is 228 Å². The number of carboxylic acid groups (broad SMARTS) is 2. The summed E-state index contributed by atoms with van der Waals surface area (Å²) >= 11 is 0. The van der Waals surface area contributed by atoms with Crippen molar-refractivity contribution < 1.29 is 44.4 Å². The zero-order chi connectivity index (χ0) is 24.4. The van der Waals surface area contributed by atoms with E-state index in [4.69, 9.17) is 21.1 Å². The molecule has 0 aliphatic rings. The molecular formula is C19H26N4O9. The van der Waals surface area contributed by atoms with E-state index in [0.717, 1.165) is 0 Å². The SMILES string of the molecule is CC(NC(=O)C(N)Cc1ccc(O)cc1)C(=O)NC(CC(=O)O)C(=O)NC(CO)C(=O)O. The molecule has 0 aliphatic carbocycles. The zero-order valence-electron chi connectivity index (χ0n) is 17.1. The van der Waals surface area contributed by atoms with Gasteiger partial charge in [0.1, 0.15) is 23.9 Å². The summed E-state index contributed by atoms with van der Waals surface area (Å²) in [5.74, 6) is -5.69. The second-order valence-electron chi connectivity index (χ2n) is 6.95. The number of hydrogen-bond acceptors (Lipinski definition) is 8. The molecule has 0 spiro atoms. The molecule has 1 aromatic carbocycles. The van der Waals surface area contributed by atoms with E-state index in [0.29, 0.717) is 5.56 Å². The lowest BCUT2D eigenvalue weighted by Gasteiger charge is -2.22. The maximum absolute atomic E-state index is 12.3. The highest BCUT2D eigenvalue weighted by atomic mass is 16.4. The Kier molecular flexibility index (Phi) is 10.1. The van der Waals surface area contributed by atoms with Crippen molar-refractivity contribution in [2.75, 3.05) is 6.61 Å². The maximum Gasteiger partial charge on any atom is 0.328 e. The average Bonchev–Trinajstić information content (AvgIpc) is 2.72. The van der Waals surface area contributed by atoms with Crippen LogP contribution in [0.25, 0.3) is 0 Å². The van der Waals surface area contributed by atoms with E-state index < -0.39 is 66.9 Å². The molecule has 32 heavy (non-hydrogen) atoms. The van der Waals surface area contributed by atoms with Gasteiger partial charge in [-0.2, -0.15) is 0 Å². The fraction of sp³-hybridized carbons (Fsp3) is 0.421. The summed E-state index contributed by atoms with van der Waals surface area (Å²) in [6, 6.07) is 0.420. The van der Waals surface area contributed by atoms with Crippen molar-refractivity contribution >= 4 is 29.7 Å². The van der Waals surface area contributed by atoms with Crippen molar-refractivity contribution in [3.63, 3.8) is 0 Å². The maximum atomic E-state index is 12.3. The molecule has 0 aliphatic heterocycles. The summed E-state index contributed by atoms with van der Waals surface area (Å²) in [5, 5.41) is 42.5. The van der Waals surface area contributed by atoms with Gasteiger partial charge in [-0.25, -0.2) is 4.79 Å². The van der Waals surface area contributed by atoms with Crippen LogP contribution in [0.15, 0.2) is 24.3 Å². The summed E-state index contributed by atoms with van der Waals surface area (Å²) < 4.78 is 0. The Morgan fingerprint density at radius 1 is 0.906 bits per heavy atom. The van der Waals surface area contributed by atoms with Crippen molar-refractivity contribution in [2.24, 2.45) is 5.73 Å². The number of benzene rings is 1. The second-order valence-corrected chi connectivity index (χ2v) is 6.95. The first-order chi connectivity index (χ1) is 14.9. The molecule has 0 saturated carbocycles. The van der Waals surface area contributed by atoms with Crippen LogP contribution in [-0.2, 0) is 30.4 Å². The van der Waals surface area contributed by atoms with E-state index in [1.807, 2.05) is 5.32 Å². The van der Waals surface area contributed by atoms with Gasteiger partial charge < -0.3 is 42.1 Å². The van der Waals surface area contributed by atoms with Crippen molar-refractivity contribution in [2.45, 2.75) is 43.9 Å². The smallest absolute Gasteiger partial charge is 0.328 e. The largest absolute Gasteiger partial charge is 0.508 e. The molecule has 4 unspecified atom stereocenters. The second kappa shape index (κ2) is 12.2. The lowest BCUT2D eigenvalue weighted by atomic mass is 10.1. The van der Waals surface area contributed by atoms with Crippen molar-refractivity contribution in [3.8, 4) is 5.75 Å². The predicted octanol–water partition coefficient (Wildman–Crippen LogP) is -2.71. The van der Waals surface area contributed by atoms with Crippen LogP contribution in [0, 0.1) is 0 Å². The zero-order valence-corrected chi connectivity index (χ0v) is 17.1. The van der Waals surface area contributed by atoms with Crippen LogP contribution >= 0.6 is 0 Å². The van der Waals surface area contributed by atoms with Crippen molar-refractivity contribution in [1.82, 2.24) is 16.0 Å². The third-order valence-corrected chi connectivity index (χ3v) is 4.29. The molecule has 4 atom stereocenters. The van der Waals surface area contributed by atoms with E-state index in [9.17, 15) is 29.1 Å². The first kappa shape index (κ1) is 26.3. The summed E-state index contributed by atoms with van der Waals surface area (Å²) in [6.45, 7) is 0.338. The van der Waals surface area contributed by atoms with Crippen LogP contribution in [0.4, 0.5) is 0 Å². The molecule has 13 nitrogen and oxygen atoms in total. The van der Waals surface area contributed by atoms with E-state index in [1.54, 1.807) is 12.1 Å². The number of phenols is 1. The number of carbonyl (C=O) groups excluding carboxylic acids is 3. The standard InChI is InChI=1S/C19H26N4O9/c1-9(21-17(29)12(20)6-10-2-4-11(25)5-3-10)16(28)22-13(7-15(26)27)18(30)23-14(8-24)19(31)32/h2-5,9,12-14,24-25H,6-8,20H2,1H3,(H,21,29)(H,22,28)(H,23,30)(H,26,27)(H,31,32). The minimum Gasteiger partial charge on any atom is -0.508 e. The van der Waals surface area contributed by atoms with Gasteiger partial charge in [0.15, 0.2) is 0 Å². The van der Waals surface area contributed by atoms with Gasteiger partial charge in [0.05, 0.1) is 19.1 Å². The minimum atomic E-state index is -1.69. The number of aliphatic carboxylic acids is 2. The number of carboxylic acids is 2. The number of nitrogens with two attached hydrogens (primary N) is 1. The number of carbonyl (C=O) groups is 5. The number of aliphatic hydroxyl groups is 1. The van der Waals surface area contributed by atoms with Crippen LogP contribution < -0.4 is 21.7 Å². The third-order valence-electron chi connectivity index (χ3n) is 4.29. The number of aromatic hydroxyl groups is 1. The molecule has 0 heterocycles. The van der Waals surface area contributed by atoms with Gasteiger partial charge in [-0.15, -0.1) is 0 Å². The van der Waals surface area contributed by atoms with E-state index >= 15 is 0 Å². The number of rotatable bonds is 12. The van der Waals surface area contributed by atoms with Crippen LogP contribution in [0.3, 0.4) is 0 Å². The molecule has 1 aromatic rings.